The van der Waals surface area contributed by atoms with Gasteiger partial charge in [0.25, 0.3) is 0 Å². The van der Waals surface area contributed by atoms with Gasteiger partial charge in [-0.25, -0.2) is 4.39 Å². The van der Waals surface area contributed by atoms with Gasteiger partial charge in [-0.15, -0.1) is 0 Å². The molecule has 0 spiro atoms. The summed E-state index contributed by atoms with van der Waals surface area (Å²) in [4.78, 5) is 14.9. The SMILES string of the molecule is CN1CCN(c2ccc(C(N)C(=O)O)cc2F)CC1. The van der Waals surface area contributed by atoms with Crippen LogP contribution in [0.25, 0.3) is 0 Å². The largest absolute Gasteiger partial charge is 0.480 e. The van der Waals surface area contributed by atoms with Gasteiger partial charge in [0.2, 0.25) is 0 Å². The molecule has 0 radical (unpaired) electrons. The van der Waals surface area contributed by atoms with E-state index in [1.54, 1.807) is 12.1 Å². The molecule has 0 aromatic heterocycles. The minimum absolute atomic E-state index is 0.280. The molecule has 104 valence electrons. The van der Waals surface area contributed by atoms with Crippen molar-refractivity contribution in [3.05, 3.63) is 29.6 Å². The van der Waals surface area contributed by atoms with Gasteiger partial charge in [0.15, 0.2) is 0 Å². The van der Waals surface area contributed by atoms with Gasteiger partial charge in [-0.2, -0.15) is 0 Å². The fourth-order valence-electron chi connectivity index (χ4n) is 2.16. The summed E-state index contributed by atoms with van der Waals surface area (Å²) < 4.78 is 14.1. The van der Waals surface area contributed by atoms with Gasteiger partial charge in [0.1, 0.15) is 11.9 Å². The molecule has 6 heteroatoms. The summed E-state index contributed by atoms with van der Waals surface area (Å²) in [6.45, 7) is 3.29. The van der Waals surface area contributed by atoms with E-state index >= 15 is 0 Å². The Hall–Kier alpha value is -1.66. The Labute approximate surface area is 111 Å². The minimum Gasteiger partial charge on any atom is -0.480 e. The maximum Gasteiger partial charge on any atom is 0.325 e. The molecule has 1 aliphatic rings. The van der Waals surface area contributed by atoms with Gasteiger partial charge in [0.05, 0.1) is 5.69 Å². The van der Waals surface area contributed by atoms with Crippen LogP contribution in [0.3, 0.4) is 0 Å². The average Bonchev–Trinajstić information content (AvgIpc) is 2.39. The summed E-state index contributed by atoms with van der Waals surface area (Å²) in [7, 11) is 2.03. The van der Waals surface area contributed by atoms with E-state index in [4.69, 9.17) is 10.8 Å². The van der Waals surface area contributed by atoms with Crippen molar-refractivity contribution in [2.45, 2.75) is 6.04 Å². The van der Waals surface area contributed by atoms with Crippen molar-refractivity contribution in [1.82, 2.24) is 4.90 Å². The standard InChI is InChI=1S/C13H18FN3O2/c1-16-4-6-17(7-5-16)11-3-2-9(8-10(11)14)12(15)13(18)19/h2-3,8,12H,4-7,15H2,1H3,(H,18,19). The molecule has 1 saturated heterocycles. The topological polar surface area (TPSA) is 69.8 Å². The van der Waals surface area contributed by atoms with Gasteiger partial charge >= 0.3 is 5.97 Å². The third-order valence-electron chi connectivity index (χ3n) is 3.44. The van der Waals surface area contributed by atoms with Crippen LogP contribution < -0.4 is 10.6 Å². The second kappa shape index (κ2) is 5.54. The van der Waals surface area contributed by atoms with Gasteiger partial charge in [-0.05, 0) is 24.7 Å². The van der Waals surface area contributed by atoms with E-state index < -0.39 is 17.8 Å². The first-order valence-corrected chi connectivity index (χ1v) is 6.20. The Balaban J connectivity index is 2.17. The number of carboxylic acid groups (broad SMARTS) is 1. The quantitative estimate of drug-likeness (QED) is 0.842. The van der Waals surface area contributed by atoms with Crippen LogP contribution in [0.5, 0.6) is 0 Å². The molecule has 0 aliphatic carbocycles. The average molecular weight is 267 g/mol. The highest BCUT2D eigenvalue weighted by Gasteiger charge is 2.20. The number of halogens is 1. The van der Waals surface area contributed by atoms with Gasteiger partial charge in [-0.3, -0.25) is 4.79 Å². The van der Waals surface area contributed by atoms with Crippen molar-refractivity contribution >= 4 is 11.7 Å². The third kappa shape index (κ3) is 3.02. The number of hydrogen-bond donors (Lipinski definition) is 2. The van der Waals surface area contributed by atoms with Gasteiger partial charge < -0.3 is 20.6 Å². The van der Waals surface area contributed by atoms with Crippen molar-refractivity contribution in [1.29, 1.82) is 0 Å². The van der Waals surface area contributed by atoms with Crippen LogP contribution in [0.15, 0.2) is 18.2 Å². The maximum absolute atomic E-state index is 14.1. The third-order valence-corrected chi connectivity index (χ3v) is 3.44. The summed E-state index contributed by atoms with van der Waals surface area (Å²) in [6.07, 6.45) is 0. The fraction of sp³-hybridized carbons (Fsp3) is 0.462. The van der Waals surface area contributed by atoms with Crippen LogP contribution in [-0.2, 0) is 4.79 Å². The molecule has 5 nitrogen and oxygen atoms in total. The number of nitrogens with two attached hydrogens (primary N) is 1. The number of benzene rings is 1. The summed E-state index contributed by atoms with van der Waals surface area (Å²) >= 11 is 0. The lowest BCUT2D eigenvalue weighted by Gasteiger charge is -2.34. The molecule has 19 heavy (non-hydrogen) atoms. The van der Waals surface area contributed by atoms with E-state index in [-0.39, 0.29) is 5.56 Å². The van der Waals surface area contributed by atoms with Crippen LogP contribution in [0.2, 0.25) is 0 Å². The Kier molecular flexibility index (Phi) is 4.01. The number of rotatable bonds is 3. The van der Waals surface area contributed by atoms with Crippen LogP contribution >= 0.6 is 0 Å². The zero-order valence-electron chi connectivity index (χ0n) is 10.8. The smallest absolute Gasteiger partial charge is 0.325 e. The lowest BCUT2D eigenvalue weighted by atomic mass is 10.1. The number of likely N-dealkylation sites (N-methyl/N-ethyl adjacent to an activating group) is 1. The molecule has 1 aromatic rings. The zero-order chi connectivity index (χ0) is 14.0. The second-order valence-corrected chi connectivity index (χ2v) is 4.82. The normalized spacial score (nSPS) is 18.4. The van der Waals surface area contributed by atoms with E-state index in [1.165, 1.54) is 6.07 Å². The highest BCUT2D eigenvalue weighted by molar-refractivity contribution is 5.75. The van der Waals surface area contributed by atoms with Crippen molar-refractivity contribution in [2.24, 2.45) is 5.73 Å². The summed E-state index contributed by atoms with van der Waals surface area (Å²) in [5.41, 5.74) is 6.26. The monoisotopic (exact) mass is 267 g/mol. The van der Waals surface area contributed by atoms with Crippen molar-refractivity contribution < 1.29 is 14.3 Å². The summed E-state index contributed by atoms with van der Waals surface area (Å²) in [5, 5.41) is 8.81. The Bertz CT molecular complexity index is 473. The van der Waals surface area contributed by atoms with Gasteiger partial charge in [0, 0.05) is 26.2 Å². The molecule has 1 aromatic carbocycles. The zero-order valence-corrected chi connectivity index (χ0v) is 10.8. The van der Waals surface area contributed by atoms with Gasteiger partial charge in [-0.1, -0.05) is 6.07 Å². The van der Waals surface area contributed by atoms with E-state index in [0.29, 0.717) is 5.69 Å². The highest BCUT2D eigenvalue weighted by Crippen LogP contribution is 2.24. The number of aliphatic carboxylic acids is 1. The lowest BCUT2D eigenvalue weighted by Crippen LogP contribution is -2.44. The first-order valence-electron chi connectivity index (χ1n) is 6.20. The number of hydrogen-bond acceptors (Lipinski definition) is 4. The lowest BCUT2D eigenvalue weighted by molar-refractivity contribution is -0.138. The number of carbonyl (C=O) groups is 1. The first kappa shape index (κ1) is 13.8. The first-order chi connectivity index (χ1) is 8.99. The van der Waals surface area contributed by atoms with Crippen LogP contribution in [0.4, 0.5) is 10.1 Å². The Morgan fingerprint density at radius 3 is 2.53 bits per heavy atom. The Morgan fingerprint density at radius 2 is 2.00 bits per heavy atom. The molecule has 1 atom stereocenters. The Morgan fingerprint density at radius 1 is 1.37 bits per heavy atom. The molecular weight excluding hydrogens is 249 g/mol. The maximum atomic E-state index is 14.1. The predicted octanol–water partition coefficient (Wildman–Crippen LogP) is 0.662. The van der Waals surface area contributed by atoms with Crippen LogP contribution in [-0.4, -0.2) is 49.2 Å². The molecule has 0 amide bonds. The number of piperazine rings is 1. The van der Waals surface area contributed by atoms with Crippen LogP contribution in [0.1, 0.15) is 11.6 Å². The molecule has 1 aliphatic heterocycles. The predicted molar refractivity (Wildman–Crippen MR) is 70.7 cm³/mol. The molecule has 3 N–H and O–H groups in total. The molecule has 0 saturated carbocycles. The summed E-state index contributed by atoms with van der Waals surface area (Å²) in [6, 6.07) is 3.22. The van der Waals surface area contributed by atoms with E-state index in [2.05, 4.69) is 4.90 Å². The molecule has 2 rings (SSSR count). The van der Waals surface area contributed by atoms with Crippen molar-refractivity contribution in [3.8, 4) is 0 Å². The van der Waals surface area contributed by atoms with E-state index in [1.807, 2.05) is 11.9 Å². The minimum atomic E-state index is -1.18. The van der Waals surface area contributed by atoms with Crippen molar-refractivity contribution in [3.63, 3.8) is 0 Å². The number of anilines is 1. The number of nitrogens with zero attached hydrogens (tertiary/aromatic N) is 2. The van der Waals surface area contributed by atoms with E-state index in [0.717, 1.165) is 26.2 Å². The number of carboxylic acids is 1. The molecular formula is C13H18FN3O2. The molecule has 1 unspecified atom stereocenters. The fourth-order valence-corrected chi connectivity index (χ4v) is 2.16. The highest BCUT2D eigenvalue weighted by atomic mass is 19.1. The molecule has 0 bridgehead atoms. The van der Waals surface area contributed by atoms with E-state index in [9.17, 15) is 9.18 Å². The van der Waals surface area contributed by atoms with Crippen LogP contribution in [0, 0.1) is 5.82 Å². The second-order valence-electron chi connectivity index (χ2n) is 4.82. The molecule has 1 fully saturated rings. The summed E-state index contributed by atoms with van der Waals surface area (Å²) in [5.74, 6) is -1.58. The molecule has 1 heterocycles. The van der Waals surface area contributed by atoms with Crippen molar-refractivity contribution in [2.75, 3.05) is 38.1 Å².